The van der Waals surface area contributed by atoms with E-state index in [2.05, 4.69) is 10.1 Å². The van der Waals surface area contributed by atoms with Crippen molar-refractivity contribution in [2.75, 3.05) is 7.11 Å². The summed E-state index contributed by atoms with van der Waals surface area (Å²) in [5, 5.41) is 13.4. The number of aromatic nitrogens is 2. The summed E-state index contributed by atoms with van der Waals surface area (Å²) in [6, 6.07) is -0.789. The summed E-state index contributed by atoms with van der Waals surface area (Å²) < 4.78 is 28.6. The third-order valence-corrected chi connectivity index (χ3v) is 4.27. The van der Waals surface area contributed by atoms with Crippen LogP contribution in [-0.2, 0) is 0 Å². The lowest BCUT2D eigenvalue weighted by Crippen LogP contribution is -2.38. The van der Waals surface area contributed by atoms with Crippen LogP contribution in [0.25, 0.3) is 0 Å². The van der Waals surface area contributed by atoms with Gasteiger partial charge in [-0.2, -0.15) is 0 Å². The average Bonchev–Trinajstić information content (AvgIpc) is 3.15. The second-order valence-corrected chi connectivity index (χ2v) is 5.40. The van der Waals surface area contributed by atoms with Crippen molar-refractivity contribution in [3.05, 3.63) is 32.6 Å². The number of hydrogen-bond donors (Lipinski definition) is 3. The van der Waals surface area contributed by atoms with Crippen LogP contribution in [0.1, 0.15) is 26.3 Å². The number of halogens is 1. The van der Waals surface area contributed by atoms with E-state index in [1.807, 2.05) is 0 Å². The molecule has 2 saturated carbocycles. The fourth-order valence-corrected chi connectivity index (χ4v) is 3.03. The molecule has 1 aromatic rings. The molecule has 7 heteroatoms. The van der Waals surface area contributed by atoms with Gasteiger partial charge in [0.05, 0.1) is 12.1 Å². The third-order valence-electron chi connectivity index (χ3n) is 4.27. The lowest BCUT2D eigenvalue weighted by molar-refractivity contribution is 0.0356. The van der Waals surface area contributed by atoms with E-state index >= 15 is 0 Å². The predicted molar refractivity (Wildman–Crippen MR) is 70.4 cm³/mol. The molecule has 3 N–H and O–H groups in total. The number of H-pyrrole nitrogens is 1. The van der Waals surface area contributed by atoms with Gasteiger partial charge in [0, 0.05) is 25.7 Å². The molecule has 0 amide bonds. The van der Waals surface area contributed by atoms with Crippen LogP contribution in [0.15, 0.2) is 15.8 Å². The molecule has 6 nitrogen and oxygen atoms in total. The van der Waals surface area contributed by atoms with Gasteiger partial charge in [-0.05, 0) is 19.3 Å². The second-order valence-electron chi connectivity index (χ2n) is 5.40. The topological polar surface area (TPSA) is 95.3 Å². The third kappa shape index (κ3) is 1.92. The Hall–Kier alpha value is -1.47. The molecule has 5 atom stereocenters. The summed E-state index contributed by atoms with van der Waals surface area (Å²) in [7, 11) is 1.29. The summed E-state index contributed by atoms with van der Waals surface area (Å²) in [5.41, 5.74) is -1.54. The van der Waals surface area contributed by atoms with Crippen LogP contribution in [0.5, 0.6) is 0 Å². The maximum atomic E-state index is 14.2. The number of aliphatic hydroxyl groups is 2. The fourth-order valence-electron chi connectivity index (χ4n) is 3.03. The van der Waals surface area contributed by atoms with Gasteiger partial charge in [-0.1, -0.05) is 6.90 Å². The Kier molecular flexibility index (Phi) is 2.96. The number of aliphatic hydroxyl groups excluding tert-OH is 2. The van der Waals surface area contributed by atoms with E-state index in [0.29, 0.717) is 12.0 Å². The number of hydrogen-bond acceptors (Lipinski definition) is 4. The molecule has 0 radical (unpaired) electrons. The fraction of sp³-hybridized carbons (Fsp3) is 0.692. The van der Waals surface area contributed by atoms with E-state index in [-0.39, 0.29) is 12.8 Å². The normalized spacial score (nSPS) is 39.2. The maximum absolute atomic E-state index is 14.2. The molecule has 1 heterocycles. The molecule has 2 fully saturated rings. The zero-order valence-corrected chi connectivity index (χ0v) is 11.3. The minimum Gasteiger partial charge on any atom is -0.400 e. The van der Waals surface area contributed by atoms with Gasteiger partial charge in [0.15, 0.2) is 0 Å². The summed E-state index contributed by atoms with van der Waals surface area (Å²) in [5.74, 6) is -0.210. The number of nitrogens with zero attached hydrogens (tertiary/aromatic N) is 1. The summed E-state index contributed by atoms with van der Waals surface area (Å²) >= 11 is 0. The van der Waals surface area contributed by atoms with Gasteiger partial charge in [0.1, 0.15) is 6.17 Å². The van der Waals surface area contributed by atoms with Crippen molar-refractivity contribution >= 4 is 0 Å². The Labute approximate surface area is 117 Å². The van der Waals surface area contributed by atoms with Gasteiger partial charge < -0.3 is 10.2 Å². The summed E-state index contributed by atoms with van der Waals surface area (Å²) in [4.78, 5) is 25.3. The highest BCUT2D eigenvalue weighted by molar-refractivity contribution is 5.19. The molecule has 0 aromatic carbocycles. The van der Waals surface area contributed by atoms with Gasteiger partial charge in [-0.3, -0.25) is 14.3 Å². The highest BCUT2D eigenvalue weighted by Crippen LogP contribution is 2.67. The van der Waals surface area contributed by atoms with Gasteiger partial charge >= 0.3 is 5.69 Å². The van der Waals surface area contributed by atoms with Gasteiger partial charge in [-0.25, -0.2) is 9.18 Å². The second kappa shape index (κ2) is 4.82. The monoisotopic (exact) mass is 289 g/mol. The highest BCUT2D eigenvalue weighted by atomic mass is 19.1. The first-order valence-electron chi connectivity index (χ1n) is 7.38. The van der Waals surface area contributed by atoms with E-state index in [9.17, 15) is 19.1 Å². The Balaban J connectivity index is 0.000000545. The standard InChI is InChI=1S/C12H15FN2O3.CH4O/c1-5-4-15(11(18)14-10(5)17)8-6-3-12(6,2)9(16)7(8)13;1-2/h4,6-9,16H,3H2,1-2H3,(H,14,17,18);2H,1H3/t6-,7-,8-,9+,12-;/m1./s1/i2D;2T. The first-order chi connectivity index (χ1) is 10.3. The molecule has 0 bridgehead atoms. The first-order valence-corrected chi connectivity index (χ1v) is 6.26. The Morgan fingerprint density at radius 3 is 2.90 bits per heavy atom. The van der Waals surface area contributed by atoms with Crippen LogP contribution >= 0.6 is 0 Å². The molecule has 0 aliphatic heterocycles. The zero-order valence-electron chi connectivity index (χ0n) is 13.3. The molecule has 0 spiro atoms. The molecule has 112 valence electrons. The Bertz CT molecular complexity index is 664. The molecule has 20 heavy (non-hydrogen) atoms. The Morgan fingerprint density at radius 2 is 2.35 bits per heavy atom. The number of aryl methyl sites for hydroxylation is 1. The van der Waals surface area contributed by atoms with E-state index < -0.39 is 35.0 Å². The molecule has 3 rings (SSSR count). The largest absolute Gasteiger partial charge is 0.400 e. The lowest BCUT2D eigenvalue weighted by Gasteiger charge is -2.21. The number of nitrogens with one attached hydrogen (secondary N) is 1. The van der Waals surface area contributed by atoms with Crippen molar-refractivity contribution in [3.63, 3.8) is 0 Å². The molecule has 0 saturated heterocycles. The van der Waals surface area contributed by atoms with Crippen LogP contribution < -0.4 is 11.2 Å². The van der Waals surface area contributed by atoms with Crippen LogP contribution in [0.3, 0.4) is 0 Å². The van der Waals surface area contributed by atoms with Crippen LogP contribution in [0.2, 0.25) is 0 Å². The number of alkyl halides is 1. The zero-order chi connectivity index (χ0) is 16.7. The first kappa shape index (κ1) is 12.3. The van der Waals surface area contributed by atoms with Crippen LogP contribution in [-0.4, -0.2) is 40.6 Å². The molecule has 2 aliphatic carbocycles. The van der Waals surface area contributed by atoms with Crippen LogP contribution in [0, 0.1) is 18.3 Å². The van der Waals surface area contributed by atoms with E-state index in [1.54, 1.807) is 0 Å². The van der Waals surface area contributed by atoms with Crippen molar-refractivity contribution in [1.29, 1.82) is 1.43 Å². The van der Waals surface area contributed by atoms with Crippen molar-refractivity contribution in [3.8, 4) is 0 Å². The Morgan fingerprint density at radius 1 is 1.70 bits per heavy atom. The minimum atomic E-state index is -1.58. The van der Waals surface area contributed by atoms with Gasteiger partial charge in [0.25, 0.3) is 5.56 Å². The number of fused-ring (bicyclic) bond motifs is 1. The van der Waals surface area contributed by atoms with Crippen molar-refractivity contribution in [2.45, 2.75) is 38.6 Å². The van der Waals surface area contributed by atoms with Gasteiger partial charge in [-0.15, -0.1) is 0 Å². The van der Waals surface area contributed by atoms with Crippen LogP contribution in [0.4, 0.5) is 4.39 Å². The summed E-state index contributed by atoms with van der Waals surface area (Å²) in [6.45, 7) is 1.49. The SMILES string of the molecule is [2H]C[C@@]12C[C@@H]1[C@@H](n1cc(C)c(=O)[nH]c1=O)[C@@H](F)[C@@H]2O.[3H]OC. The minimum absolute atomic E-state index is 0.0488. The van der Waals surface area contributed by atoms with Crippen molar-refractivity contribution in [2.24, 2.45) is 11.3 Å². The van der Waals surface area contributed by atoms with E-state index in [0.717, 1.165) is 0 Å². The predicted octanol–water partition coefficient (Wildman–Crippen LogP) is -0.267. The molecule has 0 unspecified atom stereocenters. The number of rotatable bonds is 1. The van der Waals surface area contributed by atoms with Crippen molar-refractivity contribution < 1.29 is 16.0 Å². The lowest BCUT2D eigenvalue weighted by atomic mass is 10.0. The van der Waals surface area contributed by atoms with Crippen molar-refractivity contribution in [1.82, 2.24) is 9.55 Å². The highest BCUT2D eigenvalue weighted by Gasteiger charge is 2.69. The average molecular weight is 289 g/mol. The summed E-state index contributed by atoms with van der Waals surface area (Å²) in [6.07, 6.45) is -0.900. The molecular formula is C13H19FN2O4. The van der Waals surface area contributed by atoms with E-state index in [4.69, 9.17) is 2.80 Å². The maximum Gasteiger partial charge on any atom is 0.328 e. The molecular weight excluding hydrogens is 267 g/mol. The molecule has 1 aromatic heterocycles. The van der Waals surface area contributed by atoms with Gasteiger partial charge in [0.2, 0.25) is 1.43 Å². The number of aromatic amines is 1. The smallest absolute Gasteiger partial charge is 0.328 e. The quantitative estimate of drug-likeness (QED) is 0.663. The molecule has 2 aliphatic rings. The van der Waals surface area contributed by atoms with E-state index in [1.165, 1.54) is 24.8 Å².